The second-order valence-electron chi connectivity index (χ2n) is 3.45. The molecule has 1 heterocycles. The lowest BCUT2D eigenvalue weighted by molar-refractivity contribution is -0.140. The van der Waals surface area contributed by atoms with E-state index in [0.29, 0.717) is 6.04 Å². The van der Waals surface area contributed by atoms with E-state index in [2.05, 4.69) is 32.6 Å². The summed E-state index contributed by atoms with van der Waals surface area (Å²) in [6, 6.07) is 0.615. The first-order chi connectivity index (χ1) is 6.65. The standard InChI is InChI=1S/C9H16BrNO2S/c1-11(7-3-4-14-6-7)5-8(10)9(12)13-2/h7-8H,3-6H2,1-2H3. The molecule has 0 aromatic rings. The predicted octanol–water partition coefficient (Wildman–Crippen LogP) is 1.36. The van der Waals surface area contributed by atoms with E-state index in [1.165, 1.54) is 25.0 Å². The van der Waals surface area contributed by atoms with Crippen LogP contribution in [-0.2, 0) is 9.53 Å². The smallest absolute Gasteiger partial charge is 0.320 e. The average Bonchev–Trinajstić information content (AvgIpc) is 2.69. The van der Waals surface area contributed by atoms with Crippen LogP contribution in [0, 0.1) is 0 Å². The third kappa shape index (κ3) is 3.44. The molecule has 0 radical (unpaired) electrons. The van der Waals surface area contributed by atoms with Gasteiger partial charge in [0.1, 0.15) is 4.83 Å². The summed E-state index contributed by atoms with van der Waals surface area (Å²) in [4.78, 5) is 13.2. The number of thioether (sulfide) groups is 1. The van der Waals surface area contributed by atoms with Gasteiger partial charge in [-0.2, -0.15) is 11.8 Å². The number of ether oxygens (including phenoxy) is 1. The zero-order valence-electron chi connectivity index (χ0n) is 8.53. The number of halogens is 1. The van der Waals surface area contributed by atoms with Crippen molar-refractivity contribution in [3.63, 3.8) is 0 Å². The fourth-order valence-corrected chi connectivity index (χ4v) is 3.42. The van der Waals surface area contributed by atoms with Crippen LogP contribution in [0.1, 0.15) is 6.42 Å². The summed E-state index contributed by atoms with van der Waals surface area (Å²) >= 11 is 5.31. The van der Waals surface area contributed by atoms with Gasteiger partial charge in [-0.1, -0.05) is 15.9 Å². The fourth-order valence-electron chi connectivity index (χ4n) is 1.47. The zero-order valence-corrected chi connectivity index (χ0v) is 10.9. The molecule has 0 saturated carbocycles. The summed E-state index contributed by atoms with van der Waals surface area (Å²) in [5.41, 5.74) is 0. The van der Waals surface area contributed by atoms with Crippen LogP contribution in [0.25, 0.3) is 0 Å². The maximum atomic E-state index is 11.2. The molecular weight excluding hydrogens is 266 g/mol. The first-order valence-electron chi connectivity index (χ1n) is 4.65. The maximum absolute atomic E-state index is 11.2. The molecule has 2 unspecified atom stereocenters. The Bertz CT molecular complexity index is 197. The molecule has 0 aromatic carbocycles. The van der Waals surface area contributed by atoms with Gasteiger partial charge in [0.05, 0.1) is 7.11 Å². The van der Waals surface area contributed by atoms with Crippen molar-refractivity contribution in [1.29, 1.82) is 0 Å². The van der Waals surface area contributed by atoms with Gasteiger partial charge in [-0.25, -0.2) is 0 Å². The molecule has 0 N–H and O–H groups in total. The second kappa shape index (κ2) is 5.98. The van der Waals surface area contributed by atoms with Crippen molar-refractivity contribution >= 4 is 33.7 Å². The molecular formula is C9H16BrNO2S. The number of rotatable bonds is 4. The summed E-state index contributed by atoms with van der Waals surface area (Å²) in [6.07, 6.45) is 1.22. The van der Waals surface area contributed by atoms with Crippen LogP contribution in [0.15, 0.2) is 0 Å². The lowest BCUT2D eigenvalue weighted by Crippen LogP contribution is -2.38. The third-order valence-electron chi connectivity index (χ3n) is 2.43. The Labute approximate surface area is 97.7 Å². The Kier molecular flexibility index (Phi) is 5.26. The summed E-state index contributed by atoms with van der Waals surface area (Å²) in [7, 11) is 3.48. The van der Waals surface area contributed by atoms with Crippen LogP contribution in [0.3, 0.4) is 0 Å². The van der Waals surface area contributed by atoms with Gasteiger partial charge >= 0.3 is 5.97 Å². The van der Waals surface area contributed by atoms with Gasteiger partial charge in [-0.3, -0.25) is 4.79 Å². The fraction of sp³-hybridized carbons (Fsp3) is 0.889. The molecule has 0 amide bonds. The minimum absolute atomic E-state index is 0.192. The van der Waals surface area contributed by atoms with E-state index in [-0.39, 0.29) is 10.8 Å². The monoisotopic (exact) mass is 281 g/mol. The number of methoxy groups -OCH3 is 1. The van der Waals surface area contributed by atoms with Gasteiger partial charge in [0, 0.05) is 18.3 Å². The third-order valence-corrected chi connectivity index (χ3v) is 4.24. The molecule has 1 aliphatic rings. The lowest BCUT2D eigenvalue weighted by atomic mass is 10.2. The average molecular weight is 282 g/mol. The molecule has 1 rings (SSSR count). The summed E-state index contributed by atoms with van der Waals surface area (Å²) in [5, 5.41) is 0. The van der Waals surface area contributed by atoms with Crippen molar-refractivity contribution in [1.82, 2.24) is 4.90 Å². The van der Waals surface area contributed by atoms with Gasteiger partial charge in [0.2, 0.25) is 0 Å². The van der Waals surface area contributed by atoms with Crippen molar-refractivity contribution in [2.75, 3.05) is 32.2 Å². The van der Waals surface area contributed by atoms with Crippen molar-refractivity contribution in [2.24, 2.45) is 0 Å². The van der Waals surface area contributed by atoms with Crippen molar-refractivity contribution in [3.05, 3.63) is 0 Å². The maximum Gasteiger partial charge on any atom is 0.320 e. The Morgan fingerprint density at radius 3 is 3.00 bits per heavy atom. The number of alkyl halides is 1. The number of carbonyl (C=O) groups is 1. The van der Waals surface area contributed by atoms with Crippen LogP contribution in [-0.4, -0.2) is 53.9 Å². The van der Waals surface area contributed by atoms with Gasteiger partial charge in [-0.05, 0) is 19.2 Å². The van der Waals surface area contributed by atoms with Crippen molar-refractivity contribution < 1.29 is 9.53 Å². The molecule has 0 spiro atoms. The molecule has 3 nitrogen and oxygen atoms in total. The van der Waals surface area contributed by atoms with Crippen LogP contribution in [0.4, 0.5) is 0 Å². The van der Waals surface area contributed by atoms with E-state index in [4.69, 9.17) is 0 Å². The summed E-state index contributed by atoms with van der Waals surface area (Å²) in [6.45, 7) is 0.720. The molecule has 0 bridgehead atoms. The first kappa shape index (κ1) is 12.3. The van der Waals surface area contributed by atoms with E-state index in [1.54, 1.807) is 0 Å². The van der Waals surface area contributed by atoms with E-state index in [0.717, 1.165) is 6.54 Å². The highest BCUT2D eigenvalue weighted by Crippen LogP contribution is 2.22. The molecule has 0 aliphatic carbocycles. The van der Waals surface area contributed by atoms with E-state index in [1.807, 2.05) is 11.8 Å². The first-order valence-corrected chi connectivity index (χ1v) is 6.72. The second-order valence-corrected chi connectivity index (χ2v) is 5.70. The van der Waals surface area contributed by atoms with E-state index >= 15 is 0 Å². The number of esters is 1. The van der Waals surface area contributed by atoms with Crippen LogP contribution in [0.2, 0.25) is 0 Å². The molecule has 5 heteroatoms. The molecule has 0 aromatic heterocycles. The van der Waals surface area contributed by atoms with Crippen molar-refractivity contribution in [3.8, 4) is 0 Å². The van der Waals surface area contributed by atoms with E-state index in [9.17, 15) is 4.79 Å². The molecule has 1 fully saturated rings. The number of carbonyl (C=O) groups excluding carboxylic acids is 1. The molecule has 82 valence electrons. The van der Waals surface area contributed by atoms with Crippen LogP contribution < -0.4 is 0 Å². The SMILES string of the molecule is COC(=O)C(Br)CN(C)C1CCSC1. The normalized spacial score (nSPS) is 23.9. The van der Waals surface area contributed by atoms with Gasteiger partial charge in [0.25, 0.3) is 0 Å². The Morgan fingerprint density at radius 1 is 1.79 bits per heavy atom. The van der Waals surface area contributed by atoms with Gasteiger partial charge in [-0.15, -0.1) is 0 Å². The minimum Gasteiger partial charge on any atom is -0.468 e. The molecule has 1 aliphatic heterocycles. The van der Waals surface area contributed by atoms with Gasteiger partial charge in [0.15, 0.2) is 0 Å². The van der Waals surface area contributed by atoms with Crippen LogP contribution in [0.5, 0.6) is 0 Å². The summed E-state index contributed by atoms with van der Waals surface area (Å²) in [5.74, 6) is 2.22. The largest absolute Gasteiger partial charge is 0.468 e. The Balaban J connectivity index is 2.31. The number of nitrogens with zero attached hydrogens (tertiary/aromatic N) is 1. The van der Waals surface area contributed by atoms with Crippen molar-refractivity contribution in [2.45, 2.75) is 17.3 Å². The molecule has 2 atom stereocenters. The number of hydrogen-bond acceptors (Lipinski definition) is 4. The van der Waals surface area contributed by atoms with Crippen LogP contribution >= 0.6 is 27.7 Å². The Hall–Kier alpha value is 0.260. The minimum atomic E-state index is -0.205. The topological polar surface area (TPSA) is 29.5 Å². The molecule has 1 saturated heterocycles. The Morgan fingerprint density at radius 2 is 2.50 bits per heavy atom. The summed E-state index contributed by atoms with van der Waals surface area (Å²) < 4.78 is 4.66. The highest BCUT2D eigenvalue weighted by atomic mass is 79.9. The molecule has 14 heavy (non-hydrogen) atoms. The quantitative estimate of drug-likeness (QED) is 0.575. The lowest BCUT2D eigenvalue weighted by Gasteiger charge is -2.24. The van der Waals surface area contributed by atoms with E-state index < -0.39 is 0 Å². The zero-order chi connectivity index (χ0) is 10.6. The highest BCUT2D eigenvalue weighted by molar-refractivity contribution is 9.10. The van der Waals surface area contributed by atoms with Gasteiger partial charge < -0.3 is 9.64 Å². The predicted molar refractivity (Wildman–Crippen MR) is 63.1 cm³/mol. The highest BCUT2D eigenvalue weighted by Gasteiger charge is 2.24. The number of hydrogen-bond donors (Lipinski definition) is 0.